The predicted octanol–water partition coefficient (Wildman–Crippen LogP) is 1.82. The highest BCUT2D eigenvalue weighted by Crippen LogP contribution is 2.16. The first-order valence-corrected chi connectivity index (χ1v) is 7.92. The van der Waals surface area contributed by atoms with E-state index in [1.54, 1.807) is 29.2 Å². The number of hydrogen-bond donors (Lipinski definition) is 1. The number of nitrogens with one attached hydrogen (secondary N) is 1. The van der Waals surface area contributed by atoms with Crippen LogP contribution >= 0.6 is 0 Å². The summed E-state index contributed by atoms with van der Waals surface area (Å²) in [5.41, 5.74) is 2.55. The highest BCUT2D eigenvalue weighted by molar-refractivity contribution is 5.95. The van der Waals surface area contributed by atoms with Gasteiger partial charge in [-0.3, -0.25) is 9.59 Å². The van der Waals surface area contributed by atoms with E-state index in [2.05, 4.69) is 4.98 Å². The van der Waals surface area contributed by atoms with Gasteiger partial charge in [-0.05, 0) is 36.2 Å². The Hall–Kier alpha value is -2.76. The molecule has 2 aromatic rings. The van der Waals surface area contributed by atoms with Crippen LogP contribution in [-0.2, 0) is 11.3 Å². The quantitative estimate of drug-likeness (QED) is 0.931. The van der Waals surface area contributed by atoms with Crippen LogP contribution in [0.15, 0.2) is 36.5 Å². The topological polar surface area (TPSA) is 65.6 Å². The maximum absolute atomic E-state index is 12.4. The number of aromatic amines is 1. The standard InChI is InChI=1S/C18H21N3O3/c1-13-8-16(19-10-13)18(23)21-7-6-20(17(22)12-21)11-14-4-3-5-15(9-14)24-2/h3-5,8-10,19H,6-7,11-12H2,1-2H3. The summed E-state index contributed by atoms with van der Waals surface area (Å²) in [5.74, 6) is 0.606. The van der Waals surface area contributed by atoms with Gasteiger partial charge in [-0.25, -0.2) is 0 Å². The number of benzene rings is 1. The number of H-pyrrole nitrogens is 1. The average Bonchev–Trinajstić information content (AvgIpc) is 3.02. The van der Waals surface area contributed by atoms with E-state index in [1.807, 2.05) is 31.2 Å². The summed E-state index contributed by atoms with van der Waals surface area (Å²) in [4.78, 5) is 31.1. The number of hydrogen-bond acceptors (Lipinski definition) is 3. The van der Waals surface area contributed by atoms with Gasteiger partial charge >= 0.3 is 0 Å². The predicted molar refractivity (Wildman–Crippen MR) is 89.8 cm³/mol. The van der Waals surface area contributed by atoms with Gasteiger partial charge in [-0.1, -0.05) is 12.1 Å². The van der Waals surface area contributed by atoms with Crippen molar-refractivity contribution in [1.82, 2.24) is 14.8 Å². The van der Waals surface area contributed by atoms with Crippen molar-refractivity contribution in [3.63, 3.8) is 0 Å². The van der Waals surface area contributed by atoms with Crippen molar-refractivity contribution in [2.45, 2.75) is 13.5 Å². The summed E-state index contributed by atoms with van der Waals surface area (Å²) in [5, 5.41) is 0. The minimum Gasteiger partial charge on any atom is -0.497 e. The second-order valence-corrected chi connectivity index (χ2v) is 5.98. The zero-order valence-electron chi connectivity index (χ0n) is 13.9. The Labute approximate surface area is 141 Å². The fraction of sp³-hybridized carbons (Fsp3) is 0.333. The van der Waals surface area contributed by atoms with Gasteiger partial charge in [-0.15, -0.1) is 0 Å². The molecule has 6 nitrogen and oxygen atoms in total. The monoisotopic (exact) mass is 327 g/mol. The summed E-state index contributed by atoms with van der Waals surface area (Å²) < 4.78 is 5.21. The lowest BCUT2D eigenvalue weighted by atomic mass is 10.1. The van der Waals surface area contributed by atoms with Crippen LogP contribution in [0.5, 0.6) is 5.75 Å². The molecule has 3 rings (SSSR count). The third kappa shape index (κ3) is 3.42. The van der Waals surface area contributed by atoms with Crippen LogP contribution in [0.25, 0.3) is 0 Å². The second-order valence-electron chi connectivity index (χ2n) is 5.98. The Bertz CT molecular complexity index is 753. The normalized spacial score (nSPS) is 14.8. The second kappa shape index (κ2) is 6.78. The fourth-order valence-electron chi connectivity index (χ4n) is 2.84. The van der Waals surface area contributed by atoms with Crippen LogP contribution in [0.1, 0.15) is 21.6 Å². The number of carbonyl (C=O) groups excluding carboxylic acids is 2. The molecule has 0 radical (unpaired) electrons. The van der Waals surface area contributed by atoms with Gasteiger partial charge in [0.25, 0.3) is 5.91 Å². The molecule has 2 heterocycles. The van der Waals surface area contributed by atoms with Crippen LogP contribution in [0, 0.1) is 6.92 Å². The molecule has 1 fully saturated rings. The summed E-state index contributed by atoms with van der Waals surface area (Å²) in [6.07, 6.45) is 1.79. The molecule has 24 heavy (non-hydrogen) atoms. The summed E-state index contributed by atoms with van der Waals surface area (Å²) in [6.45, 7) is 3.62. The van der Waals surface area contributed by atoms with Crippen molar-refractivity contribution in [1.29, 1.82) is 0 Å². The molecule has 1 N–H and O–H groups in total. The van der Waals surface area contributed by atoms with E-state index in [9.17, 15) is 9.59 Å². The van der Waals surface area contributed by atoms with E-state index in [1.165, 1.54) is 0 Å². The number of rotatable bonds is 4. The molecule has 1 aromatic heterocycles. The molecular formula is C18H21N3O3. The van der Waals surface area contributed by atoms with Gasteiger partial charge in [-0.2, -0.15) is 0 Å². The zero-order valence-corrected chi connectivity index (χ0v) is 13.9. The van der Waals surface area contributed by atoms with E-state index >= 15 is 0 Å². The number of methoxy groups -OCH3 is 1. The first-order chi connectivity index (χ1) is 11.6. The molecule has 0 aliphatic carbocycles. The number of carbonyl (C=O) groups is 2. The van der Waals surface area contributed by atoms with Crippen LogP contribution < -0.4 is 4.74 Å². The lowest BCUT2D eigenvalue weighted by molar-refractivity contribution is -0.135. The minimum atomic E-state index is -0.127. The van der Waals surface area contributed by atoms with Crippen LogP contribution in [0.4, 0.5) is 0 Å². The molecule has 0 saturated carbocycles. The smallest absolute Gasteiger partial charge is 0.270 e. The Morgan fingerprint density at radius 3 is 2.79 bits per heavy atom. The molecule has 0 spiro atoms. The van der Waals surface area contributed by atoms with E-state index < -0.39 is 0 Å². The van der Waals surface area contributed by atoms with Crippen molar-refractivity contribution < 1.29 is 14.3 Å². The highest BCUT2D eigenvalue weighted by Gasteiger charge is 2.28. The van der Waals surface area contributed by atoms with Crippen molar-refractivity contribution >= 4 is 11.8 Å². The van der Waals surface area contributed by atoms with E-state index in [0.717, 1.165) is 16.9 Å². The van der Waals surface area contributed by atoms with Gasteiger partial charge in [0, 0.05) is 25.8 Å². The van der Waals surface area contributed by atoms with Gasteiger partial charge in [0.15, 0.2) is 0 Å². The van der Waals surface area contributed by atoms with Crippen molar-refractivity contribution in [3.05, 3.63) is 53.3 Å². The first-order valence-electron chi connectivity index (χ1n) is 7.92. The molecule has 0 atom stereocenters. The van der Waals surface area contributed by atoms with Gasteiger partial charge in [0.1, 0.15) is 18.0 Å². The number of amides is 2. The highest BCUT2D eigenvalue weighted by atomic mass is 16.5. The SMILES string of the molecule is COc1cccc(CN2CCN(C(=O)c3cc(C)c[nH]3)CC2=O)c1. The molecule has 2 amide bonds. The van der Waals surface area contributed by atoms with E-state index in [0.29, 0.717) is 25.3 Å². The molecule has 1 aliphatic rings. The number of aryl methyl sites for hydroxylation is 1. The number of piperazine rings is 1. The summed E-state index contributed by atoms with van der Waals surface area (Å²) in [7, 11) is 1.62. The first kappa shape index (κ1) is 16.1. The fourth-order valence-corrected chi connectivity index (χ4v) is 2.84. The molecule has 6 heteroatoms. The maximum atomic E-state index is 12.4. The Morgan fingerprint density at radius 1 is 1.29 bits per heavy atom. The third-order valence-corrected chi connectivity index (χ3v) is 4.17. The molecule has 0 unspecified atom stereocenters. The molecular weight excluding hydrogens is 306 g/mol. The molecule has 0 bridgehead atoms. The third-order valence-electron chi connectivity index (χ3n) is 4.17. The number of nitrogens with zero attached hydrogens (tertiary/aromatic N) is 2. The average molecular weight is 327 g/mol. The molecule has 126 valence electrons. The largest absolute Gasteiger partial charge is 0.497 e. The maximum Gasteiger partial charge on any atom is 0.270 e. The van der Waals surface area contributed by atoms with Crippen molar-refractivity contribution in [3.8, 4) is 5.75 Å². The zero-order chi connectivity index (χ0) is 17.1. The molecule has 1 aliphatic heterocycles. The summed E-state index contributed by atoms with van der Waals surface area (Å²) in [6, 6.07) is 9.48. The van der Waals surface area contributed by atoms with Gasteiger partial charge < -0.3 is 19.5 Å². The lowest BCUT2D eigenvalue weighted by Gasteiger charge is -2.34. The molecule has 1 saturated heterocycles. The van der Waals surface area contributed by atoms with Crippen LogP contribution in [0.2, 0.25) is 0 Å². The van der Waals surface area contributed by atoms with Gasteiger partial charge in [0.05, 0.1) is 7.11 Å². The summed E-state index contributed by atoms with van der Waals surface area (Å²) >= 11 is 0. The molecule has 1 aromatic carbocycles. The van der Waals surface area contributed by atoms with Crippen molar-refractivity contribution in [2.75, 3.05) is 26.7 Å². The Kier molecular flexibility index (Phi) is 4.55. The van der Waals surface area contributed by atoms with Crippen molar-refractivity contribution in [2.24, 2.45) is 0 Å². The number of aromatic nitrogens is 1. The minimum absolute atomic E-state index is 0.0410. The number of ether oxygens (including phenoxy) is 1. The lowest BCUT2D eigenvalue weighted by Crippen LogP contribution is -2.51. The van der Waals surface area contributed by atoms with E-state index in [-0.39, 0.29) is 18.4 Å². The van der Waals surface area contributed by atoms with Gasteiger partial charge in [0.2, 0.25) is 5.91 Å². The Balaban J connectivity index is 1.62. The Morgan fingerprint density at radius 2 is 2.12 bits per heavy atom. The van der Waals surface area contributed by atoms with Crippen LogP contribution in [0.3, 0.4) is 0 Å². The van der Waals surface area contributed by atoms with E-state index in [4.69, 9.17) is 4.74 Å². The van der Waals surface area contributed by atoms with Crippen LogP contribution in [-0.4, -0.2) is 53.3 Å².